The summed E-state index contributed by atoms with van der Waals surface area (Å²) in [5.74, 6) is 0.763. The summed E-state index contributed by atoms with van der Waals surface area (Å²) in [6, 6.07) is 0. The second kappa shape index (κ2) is 13.2. The zero-order valence-electron chi connectivity index (χ0n) is 13.2. The van der Waals surface area contributed by atoms with Gasteiger partial charge in [0.25, 0.3) is 0 Å². The maximum atomic E-state index is 5.60. The molecule has 0 unspecified atom stereocenters. The van der Waals surface area contributed by atoms with Crippen LogP contribution in [-0.2, 0) is 14.2 Å². The largest absolute Gasteiger partial charge is 0.377 e. The van der Waals surface area contributed by atoms with E-state index in [0.29, 0.717) is 12.2 Å². The van der Waals surface area contributed by atoms with Crippen LogP contribution in [0.5, 0.6) is 0 Å². The Morgan fingerprint density at radius 2 is 1.32 bits per heavy atom. The van der Waals surface area contributed by atoms with Crippen LogP contribution in [0, 0.1) is 0 Å². The molecule has 0 aliphatic carbocycles. The number of rotatable bonds is 13. The van der Waals surface area contributed by atoms with E-state index < -0.39 is 0 Å². The Bertz CT molecular complexity index is 178. The third-order valence-electron chi connectivity index (χ3n) is 2.47. The molecule has 116 valence electrons. The summed E-state index contributed by atoms with van der Waals surface area (Å²) in [5.41, 5.74) is 0. The van der Waals surface area contributed by atoms with Crippen molar-refractivity contribution in [3.8, 4) is 0 Å². The van der Waals surface area contributed by atoms with E-state index in [-0.39, 0.29) is 0 Å². The van der Waals surface area contributed by atoms with Crippen molar-refractivity contribution in [1.82, 2.24) is 4.90 Å². The van der Waals surface area contributed by atoms with E-state index in [1.165, 1.54) is 0 Å². The van der Waals surface area contributed by atoms with Crippen molar-refractivity contribution in [3.05, 3.63) is 0 Å². The van der Waals surface area contributed by atoms with Crippen molar-refractivity contribution in [2.45, 2.75) is 39.9 Å². The van der Waals surface area contributed by atoms with Crippen molar-refractivity contribution in [2.24, 2.45) is 0 Å². The van der Waals surface area contributed by atoms with Crippen molar-refractivity contribution in [3.63, 3.8) is 0 Å². The van der Waals surface area contributed by atoms with Crippen LogP contribution in [-0.4, -0.2) is 68.8 Å². The van der Waals surface area contributed by atoms with Gasteiger partial charge in [0.05, 0.1) is 38.0 Å². The first kappa shape index (κ1) is 19.2. The molecule has 4 nitrogen and oxygen atoms in total. The Balaban J connectivity index is 3.78. The third kappa shape index (κ3) is 14.4. The molecular formula is C14H31NO3S. The lowest BCUT2D eigenvalue weighted by atomic mass is 10.4. The molecule has 0 atom stereocenters. The van der Waals surface area contributed by atoms with Gasteiger partial charge >= 0.3 is 0 Å². The number of nitrogens with zero attached hydrogens (tertiary/aromatic N) is 1. The number of ether oxygens (including phenoxy) is 3. The maximum absolute atomic E-state index is 5.60. The van der Waals surface area contributed by atoms with Gasteiger partial charge in [0, 0.05) is 19.6 Å². The molecule has 0 saturated heterocycles. The first-order valence-electron chi connectivity index (χ1n) is 7.08. The van der Waals surface area contributed by atoms with Crippen LogP contribution in [0.4, 0.5) is 0 Å². The second-order valence-corrected chi connectivity index (χ2v) is 5.81. The zero-order valence-corrected chi connectivity index (χ0v) is 14.0. The molecule has 0 aromatic heterocycles. The van der Waals surface area contributed by atoms with Crippen molar-refractivity contribution < 1.29 is 14.2 Å². The number of hydrogen-bond acceptors (Lipinski definition) is 5. The smallest absolute Gasteiger partial charge is 0.0918 e. The molecule has 0 bridgehead atoms. The molecule has 0 spiro atoms. The summed E-state index contributed by atoms with van der Waals surface area (Å²) < 4.78 is 16.7. The minimum Gasteiger partial charge on any atom is -0.377 e. The van der Waals surface area contributed by atoms with Gasteiger partial charge in [-0.3, -0.25) is 4.90 Å². The molecule has 0 aliphatic rings. The SMILES string of the molecule is CSCOCCN(CCOC(C)C)CCOC(C)C. The predicted octanol–water partition coefficient (Wildman–Crippen LogP) is 2.48. The topological polar surface area (TPSA) is 30.9 Å². The van der Waals surface area contributed by atoms with Crippen LogP contribution < -0.4 is 0 Å². The van der Waals surface area contributed by atoms with Crippen LogP contribution >= 0.6 is 11.8 Å². The van der Waals surface area contributed by atoms with E-state index in [4.69, 9.17) is 14.2 Å². The average molecular weight is 293 g/mol. The van der Waals surface area contributed by atoms with Crippen LogP contribution in [0.25, 0.3) is 0 Å². The highest BCUT2D eigenvalue weighted by molar-refractivity contribution is 7.98. The van der Waals surface area contributed by atoms with Gasteiger partial charge in [0.1, 0.15) is 0 Å². The molecule has 0 aromatic rings. The monoisotopic (exact) mass is 293 g/mol. The highest BCUT2D eigenvalue weighted by atomic mass is 32.2. The van der Waals surface area contributed by atoms with Crippen molar-refractivity contribution in [1.29, 1.82) is 0 Å². The van der Waals surface area contributed by atoms with Gasteiger partial charge in [-0.1, -0.05) is 0 Å². The van der Waals surface area contributed by atoms with Crippen molar-refractivity contribution >= 4 is 11.8 Å². The molecule has 0 heterocycles. The Hall–Kier alpha value is 0.190. The standard InChI is InChI=1S/C14H31NO3S/c1-13(2)17-10-7-15(6-9-16-12-19-5)8-11-18-14(3)4/h13-14H,6-12H2,1-5H3. The fourth-order valence-electron chi connectivity index (χ4n) is 1.51. The van der Waals surface area contributed by atoms with Crippen LogP contribution in [0.3, 0.4) is 0 Å². The van der Waals surface area contributed by atoms with Gasteiger partial charge < -0.3 is 14.2 Å². The highest BCUT2D eigenvalue weighted by Gasteiger charge is 2.06. The second-order valence-electron chi connectivity index (χ2n) is 5.00. The molecule has 5 heteroatoms. The Kier molecular flexibility index (Phi) is 13.3. The van der Waals surface area contributed by atoms with E-state index in [1.807, 2.05) is 6.26 Å². The van der Waals surface area contributed by atoms with Crippen LogP contribution in [0.2, 0.25) is 0 Å². The van der Waals surface area contributed by atoms with Gasteiger partial charge in [-0.2, -0.15) is 0 Å². The molecule has 0 aliphatic heterocycles. The van der Waals surface area contributed by atoms with E-state index in [2.05, 4.69) is 32.6 Å². The average Bonchev–Trinajstić information content (AvgIpc) is 2.33. The lowest BCUT2D eigenvalue weighted by Gasteiger charge is -2.23. The Morgan fingerprint density at radius 1 is 0.842 bits per heavy atom. The molecule has 0 saturated carbocycles. The summed E-state index contributed by atoms with van der Waals surface area (Å²) in [6.07, 6.45) is 2.63. The molecule has 0 radical (unpaired) electrons. The molecular weight excluding hydrogens is 262 g/mol. The van der Waals surface area contributed by atoms with Gasteiger partial charge in [0.2, 0.25) is 0 Å². The molecule has 0 rings (SSSR count). The van der Waals surface area contributed by atoms with Gasteiger partial charge in [0.15, 0.2) is 0 Å². The normalized spacial score (nSPS) is 12.0. The van der Waals surface area contributed by atoms with Crippen molar-refractivity contribution in [2.75, 3.05) is 51.6 Å². The number of thioether (sulfide) groups is 1. The Morgan fingerprint density at radius 3 is 1.74 bits per heavy atom. The van der Waals surface area contributed by atoms with E-state index in [0.717, 1.165) is 45.4 Å². The minimum absolute atomic E-state index is 0.293. The Labute approximate surface area is 123 Å². The lowest BCUT2D eigenvalue weighted by Crippen LogP contribution is -2.34. The lowest BCUT2D eigenvalue weighted by molar-refractivity contribution is 0.0271. The van der Waals surface area contributed by atoms with Crippen LogP contribution in [0.15, 0.2) is 0 Å². The van der Waals surface area contributed by atoms with Gasteiger partial charge in [-0.05, 0) is 34.0 Å². The van der Waals surface area contributed by atoms with E-state index >= 15 is 0 Å². The molecule has 0 aromatic carbocycles. The fourth-order valence-corrected chi connectivity index (χ4v) is 1.79. The predicted molar refractivity (Wildman–Crippen MR) is 83.0 cm³/mol. The quantitative estimate of drug-likeness (QED) is 0.385. The summed E-state index contributed by atoms with van der Waals surface area (Å²) in [4.78, 5) is 2.34. The summed E-state index contributed by atoms with van der Waals surface area (Å²) in [7, 11) is 0. The fraction of sp³-hybridized carbons (Fsp3) is 1.00. The summed E-state index contributed by atoms with van der Waals surface area (Å²) in [5, 5.41) is 0. The highest BCUT2D eigenvalue weighted by Crippen LogP contribution is 1.97. The van der Waals surface area contributed by atoms with Gasteiger partial charge in [-0.25, -0.2) is 0 Å². The molecule has 0 N–H and O–H groups in total. The number of hydrogen-bond donors (Lipinski definition) is 0. The first-order chi connectivity index (χ1) is 9.06. The molecule has 0 fully saturated rings. The molecule has 0 amide bonds. The maximum Gasteiger partial charge on any atom is 0.0918 e. The van der Waals surface area contributed by atoms with Gasteiger partial charge in [-0.15, -0.1) is 11.8 Å². The summed E-state index contributed by atoms with van der Waals surface area (Å²) in [6.45, 7) is 13.4. The van der Waals surface area contributed by atoms with Crippen LogP contribution in [0.1, 0.15) is 27.7 Å². The molecule has 19 heavy (non-hydrogen) atoms. The van der Waals surface area contributed by atoms with E-state index in [9.17, 15) is 0 Å². The van der Waals surface area contributed by atoms with E-state index in [1.54, 1.807) is 11.8 Å². The summed E-state index contributed by atoms with van der Waals surface area (Å²) >= 11 is 1.71. The third-order valence-corrected chi connectivity index (χ3v) is 2.87. The zero-order chi connectivity index (χ0) is 14.5. The minimum atomic E-state index is 0.293. The first-order valence-corrected chi connectivity index (χ1v) is 8.47.